The maximum absolute atomic E-state index is 12.6. The molecular weight excluding hydrogens is 328 g/mol. The van der Waals surface area contributed by atoms with Crippen molar-refractivity contribution in [2.75, 3.05) is 13.1 Å². The van der Waals surface area contributed by atoms with Gasteiger partial charge in [-0.1, -0.05) is 36.4 Å². The zero-order valence-corrected chi connectivity index (χ0v) is 14.8. The molecule has 2 amide bonds. The summed E-state index contributed by atoms with van der Waals surface area (Å²) in [4.78, 5) is 29.3. The van der Waals surface area contributed by atoms with Crippen molar-refractivity contribution in [3.8, 4) is 0 Å². The average Bonchev–Trinajstić information content (AvgIpc) is 3.07. The first kappa shape index (κ1) is 17.9. The smallest absolute Gasteiger partial charge is 0.287 e. The van der Waals surface area contributed by atoms with Crippen LogP contribution < -0.4 is 10.6 Å². The zero-order chi connectivity index (χ0) is 18.4. The molecule has 2 heterocycles. The van der Waals surface area contributed by atoms with E-state index in [4.69, 9.17) is 0 Å². The number of carbonyl (C=O) groups excluding carboxylic acids is 2. The first-order valence-corrected chi connectivity index (χ1v) is 9.01. The van der Waals surface area contributed by atoms with E-state index in [-0.39, 0.29) is 11.8 Å². The molecule has 2 N–H and O–H groups in total. The standard InChI is InChI=1S/C20H24N4O2/c1-2-12-21-19(25)17-16-10-6-7-14-24(16)18(23-17)20(26)22-13-11-15-8-4-3-5-9-15/h2-5,8-9H,1,6-7,10-14H2,(H,21,25)(H,22,26). The van der Waals surface area contributed by atoms with Gasteiger partial charge in [0.1, 0.15) is 5.69 Å². The number of rotatable bonds is 7. The third-order valence-electron chi connectivity index (χ3n) is 4.49. The van der Waals surface area contributed by atoms with E-state index >= 15 is 0 Å². The highest BCUT2D eigenvalue weighted by Gasteiger charge is 2.27. The molecule has 0 bridgehead atoms. The van der Waals surface area contributed by atoms with Crippen LogP contribution in [0.25, 0.3) is 0 Å². The van der Waals surface area contributed by atoms with Crippen LogP contribution in [0.15, 0.2) is 43.0 Å². The maximum Gasteiger partial charge on any atom is 0.287 e. The van der Waals surface area contributed by atoms with E-state index in [1.807, 2.05) is 34.9 Å². The van der Waals surface area contributed by atoms with Crippen molar-refractivity contribution in [1.29, 1.82) is 0 Å². The molecular formula is C20H24N4O2. The van der Waals surface area contributed by atoms with Crippen LogP contribution in [0, 0.1) is 0 Å². The second-order valence-electron chi connectivity index (χ2n) is 6.33. The monoisotopic (exact) mass is 352 g/mol. The molecule has 0 fully saturated rings. The highest BCUT2D eigenvalue weighted by atomic mass is 16.2. The lowest BCUT2D eigenvalue weighted by Crippen LogP contribution is -2.29. The van der Waals surface area contributed by atoms with Crippen LogP contribution in [0.5, 0.6) is 0 Å². The van der Waals surface area contributed by atoms with Crippen LogP contribution in [0.2, 0.25) is 0 Å². The van der Waals surface area contributed by atoms with E-state index in [1.165, 1.54) is 5.56 Å². The molecule has 0 saturated heterocycles. The quantitative estimate of drug-likeness (QED) is 0.750. The number of hydrogen-bond donors (Lipinski definition) is 2. The van der Waals surface area contributed by atoms with Crippen molar-refractivity contribution in [3.05, 3.63) is 65.8 Å². The Morgan fingerprint density at radius 2 is 1.96 bits per heavy atom. The molecule has 2 aromatic rings. The summed E-state index contributed by atoms with van der Waals surface area (Å²) in [5, 5.41) is 5.67. The van der Waals surface area contributed by atoms with Gasteiger partial charge in [-0.25, -0.2) is 4.98 Å². The van der Waals surface area contributed by atoms with E-state index in [0.717, 1.165) is 37.9 Å². The topological polar surface area (TPSA) is 76.0 Å². The van der Waals surface area contributed by atoms with Crippen LogP contribution in [0.4, 0.5) is 0 Å². The first-order chi connectivity index (χ1) is 12.7. The van der Waals surface area contributed by atoms with Gasteiger partial charge < -0.3 is 15.2 Å². The molecule has 1 aliphatic heterocycles. The van der Waals surface area contributed by atoms with Crippen molar-refractivity contribution < 1.29 is 9.59 Å². The number of nitrogens with one attached hydrogen (secondary N) is 2. The largest absolute Gasteiger partial charge is 0.349 e. The van der Waals surface area contributed by atoms with Gasteiger partial charge in [0.15, 0.2) is 5.82 Å². The number of imidazole rings is 1. The lowest BCUT2D eigenvalue weighted by Gasteiger charge is -2.17. The summed E-state index contributed by atoms with van der Waals surface area (Å²) in [6, 6.07) is 10.0. The fourth-order valence-corrected chi connectivity index (χ4v) is 3.19. The van der Waals surface area contributed by atoms with Crippen molar-refractivity contribution in [1.82, 2.24) is 20.2 Å². The molecule has 136 valence electrons. The Morgan fingerprint density at radius 3 is 2.73 bits per heavy atom. The molecule has 0 unspecified atom stereocenters. The highest BCUT2D eigenvalue weighted by Crippen LogP contribution is 2.21. The molecule has 0 atom stereocenters. The van der Waals surface area contributed by atoms with Crippen molar-refractivity contribution in [3.63, 3.8) is 0 Å². The Hall–Kier alpha value is -2.89. The Kier molecular flexibility index (Phi) is 5.84. The van der Waals surface area contributed by atoms with Gasteiger partial charge in [-0.15, -0.1) is 6.58 Å². The van der Waals surface area contributed by atoms with Crippen molar-refractivity contribution >= 4 is 11.8 Å². The summed E-state index contributed by atoms with van der Waals surface area (Å²) in [6.07, 6.45) is 5.13. The molecule has 0 radical (unpaired) electrons. The highest BCUT2D eigenvalue weighted by molar-refractivity contribution is 5.97. The number of nitrogens with zero attached hydrogens (tertiary/aromatic N) is 2. The first-order valence-electron chi connectivity index (χ1n) is 9.01. The van der Waals surface area contributed by atoms with Gasteiger partial charge in [-0.3, -0.25) is 9.59 Å². The molecule has 0 spiro atoms. The minimum absolute atomic E-state index is 0.230. The third kappa shape index (κ3) is 4.02. The Balaban J connectivity index is 1.72. The summed E-state index contributed by atoms with van der Waals surface area (Å²) in [5.74, 6) is -0.151. The number of amides is 2. The Bertz CT molecular complexity index is 796. The minimum Gasteiger partial charge on any atom is -0.349 e. The van der Waals surface area contributed by atoms with E-state index in [9.17, 15) is 9.59 Å². The van der Waals surface area contributed by atoms with Gasteiger partial charge in [-0.2, -0.15) is 0 Å². The molecule has 1 aromatic heterocycles. The summed E-state index contributed by atoms with van der Waals surface area (Å²) >= 11 is 0. The summed E-state index contributed by atoms with van der Waals surface area (Å²) in [5.41, 5.74) is 2.38. The molecule has 0 aliphatic carbocycles. The van der Waals surface area contributed by atoms with Gasteiger partial charge in [0.25, 0.3) is 11.8 Å². The Labute approximate surface area is 153 Å². The molecule has 0 saturated carbocycles. The fourth-order valence-electron chi connectivity index (χ4n) is 3.19. The van der Waals surface area contributed by atoms with E-state index in [1.54, 1.807) is 6.08 Å². The van der Waals surface area contributed by atoms with Crippen molar-refractivity contribution in [2.24, 2.45) is 0 Å². The lowest BCUT2D eigenvalue weighted by molar-refractivity contribution is 0.0938. The predicted molar refractivity (Wildman–Crippen MR) is 100 cm³/mol. The lowest BCUT2D eigenvalue weighted by atomic mass is 10.1. The molecule has 3 rings (SSSR count). The molecule has 6 nitrogen and oxygen atoms in total. The zero-order valence-electron chi connectivity index (χ0n) is 14.8. The summed E-state index contributed by atoms with van der Waals surface area (Å²) < 4.78 is 1.89. The van der Waals surface area contributed by atoms with E-state index < -0.39 is 0 Å². The average molecular weight is 352 g/mol. The van der Waals surface area contributed by atoms with Crippen LogP contribution in [-0.4, -0.2) is 34.5 Å². The SMILES string of the molecule is C=CCNC(=O)c1nc(C(=O)NCCc2ccccc2)n2c1CCCC2. The number of hydrogen-bond acceptors (Lipinski definition) is 3. The number of carbonyl (C=O) groups is 2. The Morgan fingerprint density at radius 1 is 1.15 bits per heavy atom. The summed E-state index contributed by atoms with van der Waals surface area (Å²) in [7, 11) is 0. The van der Waals surface area contributed by atoms with Gasteiger partial charge in [-0.05, 0) is 31.2 Å². The fraction of sp³-hybridized carbons (Fsp3) is 0.350. The van der Waals surface area contributed by atoms with E-state index in [0.29, 0.717) is 24.6 Å². The molecule has 1 aliphatic rings. The van der Waals surface area contributed by atoms with Crippen LogP contribution in [-0.2, 0) is 19.4 Å². The maximum atomic E-state index is 12.6. The number of fused-ring (bicyclic) bond motifs is 1. The van der Waals surface area contributed by atoms with Gasteiger partial charge in [0, 0.05) is 19.6 Å². The van der Waals surface area contributed by atoms with Crippen LogP contribution in [0.1, 0.15) is 45.2 Å². The van der Waals surface area contributed by atoms with Gasteiger partial charge in [0.2, 0.25) is 0 Å². The number of benzene rings is 1. The molecule has 1 aromatic carbocycles. The minimum atomic E-state index is -0.251. The molecule has 6 heteroatoms. The normalized spacial score (nSPS) is 12.9. The number of aromatic nitrogens is 2. The van der Waals surface area contributed by atoms with Crippen LogP contribution >= 0.6 is 0 Å². The second kappa shape index (κ2) is 8.47. The van der Waals surface area contributed by atoms with Gasteiger partial charge >= 0.3 is 0 Å². The van der Waals surface area contributed by atoms with E-state index in [2.05, 4.69) is 22.2 Å². The second-order valence-corrected chi connectivity index (χ2v) is 6.33. The van der Waals surface area contributed by atoms with Crippen LogP contribution in [0.3, 0.4) is 0 Å². The van der Waals surface area contributed by atoms with Crippen molar-refractivity contribution in [2.45, 2.75) is 32.2 Å². The van der Waals surface area contributed by atoms with Gasteiger partial charge in [0.05, 0.1) is 5.69 Å². The molecule has 26 heavy (non-hydrogen) atoms. The predicted octanol–water partition coefficient (Wildman–Crippen LogP) is 2.11. The third-order valence-corrected chi connectivity index (χ3v) is 4.49. The summed E-state index contributed by atoms with van der Waals surface area (Å²) in [6.45, 7) is 5.23.